The predicted octanol–water partition coefficient (Wildman–Crippen LogP) is 3.75. The number of rotatable bonds is 10. The lowest BCUT2D eigenvalue weighted by Gasteiger charge is -2.39. The molecular weight excluding hydrogens is 198 g/mol. The normalized spacial score (nSPS) is 14.1. The summed E-state index contributed by atoms with van der Waals surface area (Å²) in [5, 5.41) is 3.61. The molecule has 98 valence electrons. The van der Waals surface area contributed by atoms with E-state index in [9.17, 15) is 0 Å². The number of methoxy groups -OCH3 is 1. The minimum Gasteiger partial charge on any atom is -0.377 e. The summed E-state index contributed by atoms with van der Waals surface area (Å²) in [6, 6.07) is 0.504. The van der Waals surface area contributed by atoms with Gasteiger partial charge in [0.05, 0.1) is 5.60 Å². The van der Waals surface area contributed by atoms with Crippen LogP contribution in [-0.2, 0) is 4.74 Å². The van der Waals surface area contributed by atoms with Crippen molar-refractivity contribution >= 4 is 0 Å². The Morgan fingerprint density at radius 2 is 1.69 bits per heavy atom. The molecule has 0 heterocycles. The molecule has 1 atom stereocenters. The lowest BCUT2D eigenvalue weighted by molar-refractivity contribution is -0.0495. The number of ether oxygens (including phenoxy) is 1. The van der Waals surface area contributed by atoms with Crippen molar-refractivity contribution in [3.8, 4) is 0 Å². The fourth-order valence-electron chi connectivity index (χ4n) is 2.57. The predicted molar refractivity (Wildman–Crippen MR) is 71.9 cm³/mol. The summed E-state index contributed by atoms with van der Waals surface area (Å²) < 4.78 is 5.82. The number of likely N-dealkylation sites (N-methyl/N-ethyl adjacent to an activating group) is 1. The van der Waals surface area contributed by atoms with E-state index in [1.54, 1.807) is 0 Å². The van der Waals surface area contributed by atoms with Gasteiger partial charge in [0.25, 0.3) is 0 Å². The van der Waals surface area contributed by atoms with Gasteiger partial charge in [0, 0.05) is 13.2 Å². The van der Waals surface area contributed by atoms with Crippen LogP contribution in [0.25, 0.3) is 0 Å². The van der Waals surface area contributed by atoms with Gasteiger partial charge in [-0.15, -0.1) is 0 Å². The maximum absolute atomic E-state index is 5.82. The summed E-state index contributed by atoms with van der Waals surface area (Å²) in [5.41, 5.74) is 0.0315. The summed E-state index contributed by atoms with van der Waals surface area (Å²) in [5.74, 6) is 0. The first-order chi connectivity index (χ1) is 7.70. The number of hydrogen-bond acceptors (Lipinski definition) is 2. The lowest BCUT2D eigenvalue weighted by Crippen LogP contribution is -2.51. The maximum Gasteiger partial charge on any atom is 0.0825 e. The van der Waals surface area contributed by atoms with Crippen LogP contribution in [0.3, 0.4) is 0 Å². The van der Waals surface area contributed by atoms with Crippen molar-refractivity contribution in [3.05, 3.63) is 0 Å². The lowest BCUT2D eigenvalue weighted by atomic mass is 9.85. The van der Waals surface area contributed by atoms with Gasteiger partial charge in [0.15, 0.2) is 0 Å². The first-order valence-electron chi connectivity index (χ1n) is 6.99. The average molecular weight is 229 g/mol. The van der Waals surface area contributed by atoms with E-state index >= 15 is 0 Å². The standard InChI is InChI=1S/C14H31NO/c1-6-10-11-12-13(15-9-4)14(7-2,8-3)16-5/h13,15H,6-12H2,1-5H3. The molecule has 0 aromatic rings. The smallest absolute Gasteiger partial charge is 0.0825 e. The zero-order chi connectivity index (χ0) is 12.4. The van der Waals surface area contributed by atoms with Crippen LogP contribution >= 0.6 is 0 Å². The van der Waals surface area contributed by atoms with Crippen LogP contribution in [0.15, 0.2) is 0 Å². The molecule has 0 aromatic heterocycles. The van der Waals surface area contributed by atoms with E-state index in [-0.39, 0.29) is 5.60 Å². The SMILES string of the molecule is CCCCCC(NCC)C(CC)(CC)OC. The van der Waals surface area contributed by atoms with E-state index in [0.717, 1.165) is 19.4 Å². The van der Waals surface area contributed by atoms with Crippen molar-refractivity contribution in [1.29, 1.82) is 0 Å². The molecule has 0 fully saturated rings. The Morgan fingerprint density at radius 3 is 2.06 bits per heavy atom. The van der Waals surface area contributed by atoms with Crippen LogP contribution in [0.2, 0.25) is 0 Å². The maximum atomic E-state index is 5.82. The van der Waals surface area contributed by atoms with Gasteiger partial charge in [0.1, 0.15) is 0 Å². The second kappa shape index (κ2) is 9.00. The fraction of sp³-hybridized carbons (Fsp3) is 1.00. The molecule has 0 saturated heterocycles. The number of hydrogen-bond donors (Lipinski definition) is 1. The molecule has 2 heteroatoms. The van der Waals surface area contributed by atoms with Crippen LogP contribution in [-0.4, -0.2) is 25.3 Å². The number of nitrogens with one attached hydrogen (secondary N) is 1. The Morgan fingerprint density at radius 1 is 1.06 bits per heavy atom. The van der Waals surface area contributed by atoms with Gasteiger partial charge in [-0.05, 0) is 25.8 Å². The Labute approximate surface area is 102 Å². The second-order valence-electron chi connectivity index (χ2n) is 4.58. The van der Waals surface area contributed by atoms with Crippen LogP contribution in [0.1, 0.15) is 66.2 Å². The second-order valence-corrected chi connectivity index (χ2v) is 4.58. The van der Waals surface area contributed by atoms with Gasteiger partial charge in [-0.1, -0.05) is 47.0 Å². The largest absolute Gasteiger partial charge is 0.377 e. The van der Waals surface area contributed by atoms with Crippen LogP contribution in [0.5, 0.6) is 0 Å². The molecule has 0 aliphatic rings. The molecule has 0 aromatic carbocycles. The first kappa shape index (κ1) is 15.9. The van der Waals surface area contributed by atoms with Gasteiger partial charge >= 0.3 is 0 Å². The van der Waals surface area contributed by atoms with Gasteiger partial charge in [-0.2, -0.15) is 0 Å². The van der Waals surface area contributed by atoms with E-state index < -0.39 is 0 Å². The van der Waals surface area contributed by atoms with Crippen molar-refractivity contribution in [2.75, 3.05) is 13.7 Å². The Kier molecular flexibility index (Phi) is 8.96. The average Bonchev–Trinajstić information content (AvgIpc) is 2.32. The molecule has 1 unspecified atom stereocenters. The third-order valence-corrected chi connectivity index (χ3v) is 3.79. The third kappa shape index (κ3) is 4.42. The molecule has 0 radical (unpaired) electrons. The number of unbranched alkanes of at least 4 members (excludes halogenated alkanes) is 2. The highest BCUT2D eigenvalue weighted by Crippen LogP contribution is 2.27. The fourth-order valence-corrected chi connectivity index (χ4v) is 2.57. The molecule has 0 saturated carbocycles. The molecule has 0 spiro atoms. The van der Waals surface area contributed by atoms with Crippen molar-refractivity contribution in [3.63, 3.8) is 0 Å². The molecule has 2 nitrogen and oxygen atoms in total. The molecule has 0 aliphatic heterocycles. The van der Waals surface area contributed by atoms with E-state index in [2.05, 4.69) is 33.0 Å². The van der Waals surface area contributed by atoms with E-state index in [1.807, 2.05) is 7.11 Å². The Bertz CT molecular complexity index is 147. The van der Waals surface area contributed by atoms with Gasteiger partial charge < -0.3 is 10.1 Å². The molecule has 1 N–H and O–H groups in total. The molecule has 16 heavy (non-hydrogen) atoms. The summed E-state index contributed by atoms with van der Waals surface area (Å²) in [7, 11) is 1.86. The summed E-state index contributed by atoms with van der Waals surface area (Å²) in [6.07, 6.45) is 7.33. The molecule has 0 bridgehead atoms. The van der Waals surface area contributed by atoms with Crippen molar-refractivity contribution in [2.45, 2.75) is 77.9 Å². The van der Waals surface area contributed by atoms with Crippen LogP contribution < -0.4 is 5.32 Å². The van der Waals surface area contributed by atoms with E-state index in [1.165, 1.54) is 25.7 Å². The van der Waals surface area contributed by atoms with Gasteiger partial charge in [0.2, 0.25) is 0 Å². The molecule has 0 amide bonds. The van der Waals surface area contributed by atoms with E-state index in [4.69, 9.17) is 4.74 Å². The Balaban J connectivity index is 4.44. The zero-order valence-corrected chi connectivity index (χ0v) is 11.9. The van der Waals surface area contributed by atoms with Crippen molar-refractivity contribution < 1.29 is 4.74 Å². The van der Waals surface area contributed by atoms with E-state index in [0.29, 0.717) is 6.04 Å². The summed E-state index contributed by atoms with van der Waals surface area (Å²) in [6.45, 7) is 9.93. The quantitative estimate of drug-likeness (QED) is 0.576. The van der Waals surface area contributed by atoms with Gasteiger partial charge in [-0.25, -0.2) is 0 Å². The van der Waals surface area contributed by atoms with Crippen molar-refractivity contribution in [1.82, 2.24) is 5.32 Å². The highest BCUT2D eigenvalue weighted by Gasteiger charge is 2.34. The van der Waals surface area contributed by atoms with Crippen LogP contribution in [0.4, 0.5) is 0 Å². The minimum absolute atomic E-state index is 0.0315. The zero-order valence-electron chi connectivity index (χ0n) is 11.9. The van der Waals surface area contributed by atoms with Crippen LogP contribution in [0, 0.1) is 0 Å². The summed E-state index contributed by atoms with van der Waals surface area (Å²) >= 11 is 0. The third-order valence-electron chi connectivity index (χ3n) is 3.79. The first-order valence-corrected chi connectivity index (χ1v) is 6.99. The highest BCUT2D eigenvalue weighted by atomic mass is 16.5. The van der Waals surface area contributed by atoms with Gasteiger partial charge in [-0.3, -0.25) is 0 Å². The minimum atomic E-state index is 0.0315. The highest BCUT2D eigenvalue weighted by molar-refractivity contribution is 4.91. The monoisotopic (exact) mass is 229 g/mol. The van der Waals surface area contributed by atoms with Crippen molar-refractivity contribution in [2.24, 2.45) is 0 Å². The molecular formula is C14H31NO. The summed E-state index contributed by atoms with van der Waals surface area (Å²) in [4.78, 5) is 0. The topological polar surface area (TPSA) is 21.3 Å². The molecule has 0 aliphatic carbocycles. The molecule has 0 rings (SSSR count). The Hall–Kier alpha value is -0.0800.